The predicted octanol–water partition coefficient (Wildman–Crippen LogP) is 5.98. The van der Waals surface area contributed by atoms with Gasteiger partial charge in [0.1, 0.15) is 0 Å². The van der Waals surface area contributed by atoms with Crippen molar-refractivity contribution in [1.82, 2.24) is 0 Å². The number of fused-ring (bicyclic) bond motifs is 1. The Morgan fingerprint density at radius 2 is 1.81 bits per heavy atom. The summed E-state index contributed by atoms with van der Waals surface area (Å²) in [5, 5.41) is 0. The van der Waals surface area contributed by atoms with E-state index in [4.69, 9.17) is 4.74 Å². The van der Waals surface area contributed by atoms with Crippen LogP contribution in [0.2, 0.25) is 0 Å². The first-order chi connectivity index (χ1) is 12.4. The van der Waals surface area contributed by atoms with Gasteiger partial charge in [-0.1, -0.05) is 12.1 Å². The second kappa shape index (κ2) is 7.99. The topological polar surface area (TPSA) is 18.5 Å². The number of halogens is 4. The second-order valence-corrected chi connectivity index (χ2v) is 7.32. The van der Waals surface area contributed by atoms with Crippen LogP contribution in [0.3, 0.4) is 0 Å². The third kappa shape index (κ3) is 4.78. The van der Waals surface area contributed by atoms with Crippen LogP contribution in [0.1, 0.15) is 50.0 Å². The first-order valence-electron chi connectivity index (χ1n) is 9.13. The number of hydrogen-bond donors (Lipinski definition) is 0. The number of rotatable bonds is 5. The van der Waals surface area contributed by atoms with Crippen molar-refractivity contribution in [2.24, 2.45) is 11.8 Å². The summed E-state index contributed by atoms with van der Waals surface area (Å²) in [6.07, 6.45) is 3.27. The quantitative estimate of drug-likeness (QED) is 0.468. The van der Waals surface area contributed by atoms with Gasteiger partial charge >= 0.3 is 6.36 Å². The lowest BCUT2D eigenvalue weighted by molar-refractivity contribution is -0.275. The average Bonchev–Trinajstić information content (AvgIpc) is 2.60. The summed E-state index contributed by atoms with van der Waals surface area (Å²) in [6, 6.07) is 3.85. The smallest absolute Gasteiger partial charge is 0.403 e. The summed E-state index contributed by atoms with van der Waals surface area (Å²) in [6.45, 7) is 4.26. The van der Waals surface area contributed by atoms with Gasteiger partial charge in [0.05, 0.1) is 12.7 Å². The molecule has 2 nitrogen and oxygen atoms in total. The molecule has 2 fully saturated rings. The van der Waals surface area contributed by atoms with Crippen molar-refractivity contribution < 1.29 is 27.0 Å². The minimum atomic E-state index is -4.88. The van der Waals surface area contributed by atoms with E-state index in [1.54, 1.807) is 12.1 Å². The Hall–Kier alpha value is -1.56. The molecule has 0 amide bonds. The summed E-state index contributed by atoms with van der Waals surface area (Å²) >= 11 is 0. The molecule has 144 valence electrons. The Morgan fingerprint density at radius 3 is 2.50 bits per heavy atom. The predicted molar refractivity (Wildman–Crippen MR) is 90.4 cm³/mol. The van der Waals surface area contributed by atoms with Crippen molar-refractivity contribution in [3.63, 3.8) is 0 Å². The number of ether oxygens (including phenoxy) is 2. The molecule has 1 aromatic carbocycles. The molecule has 0 aliphatic heterocycles. The largest absolute Gasteiger partial charge is 0.573 e. The zero-order chi connectivity index (χ0) is 18.7. The lowest BCUT2D eigenvalue weighted by atomic mass is 9.65. The Balaban J connectivity index is 1.61. The third-order valence-electron chi connectivity index (χ3n) is 5.67. The minimum Gasteiger partial charge on any atom is -0.403 e. The molecule has 3 rings (SSSR count). The number of benzene rings is 1. The Morgan fingerprint density at radius 1 is 1.08 bits per heavy atom. The van der Waals surface area contributed by atoms with Crippen molar-refractivity contribution in [3.05, 3.63) is 42.2 Å². The molecule has 26 heavy (non-hydrogen) atoms. The van der Waals surface area contributed by atoms with Gasteiger partial charge in [0.25, 0.3) is 0 Å². The standard InChI is InChI=1S/C20H24F4O2/c1-2-9-25-17-7-5-14-10-13(3-4-15(14)11-17)16-6-8-19(18(21)12-16)26-20(22,23)24/h2,6,8,12-15,17H,1,3-5,7,9-11H2. The maximum absolute atomic E-state index is 14.0. The van der Waals surface area contributed by atoms with Crippen LogP contribution in [0, 0.1) is 17.7 Å². The highest BCUT2D eigenvalue weighted by Gasteiger charge is 2.37. The van der Waals surface area contributed by atoms with Crippen LogP contribution in [0.4, 0.5) is 17.6 Å². The highest BCUT2D eigenvalue weighted by molar-refractivity contribution is 5.32. The van der Waals surface area contributed by atoms with E-state index in [9.17, 15) is 17.6 Å². The summed E-state index contributed by atoms with van der Waals surface area (Å²) in [5.41, 5.74) is 0.764. The molecule has 0 aromatic heterocycles. The molecule has 2 saturated carbocycles. The van der Waals surface area contributed by atoms with Gasteiger partial charge in [-0.3, -0.25) is 0 Å². The summed E-state index contributed by atoms with van der Waals surface area (Å²) in [4.78, 5) is 0. The molecule has 4 unspecified atom stereocenters. The zero-order valence-electron chi connectivity index (χ0n) is 14.6. The Bertz CT molecular complexity index is 629. The van der Waals surface area contributed by atoms with Gasteiger partial charge < -0.3 is 9.47 Å². The zero-order valence-corrected chi connectivity index (χ0v) is 14.6. The molecule has 2 aliphatic rings. The van der Waals surface area contributed by atoms with Crippen LogP contribution in [0.5, 0.6) is 5.75 Å². The molecular weight excluding hydrogens is 348 g/mol. The van der Waals surface area contributed by atoms with E-state index in [2.05, 4.69) is 11.3 Å². The molecule has 0 spiro atoms. The van der Waals surface area contributed by atoms with Gasteiger partial charge in [-0.25, -0.2) is 4.39 Å². The lowest BCUT2D eigenvalue weighted by Crippen LogP contribution is -2.33. The molecule has 1 aromatic rings. The van der Waals surface area contributed by atoms with Crippen molar-refractivity contribution >= 4 is 0 Å². The van der Waals surface area contributed by atoms with Gasteiger partial charge in [-0.15, -0.1) is 19.8 Å². The Labute approximate surface area is 151 Å². The van der Waals surface area contributed by atoms with E-state index < -0.39 is 17.9 Å². The molecule has 0 N–H and O–H groups in total. The van der Waals surface area contributed by atoms with Crippen LogP contribution in [0.15, 0.2) is 30.9 Å². The molecule has 4 atom stereocenters. The van der Waals surface area contributed by atoms with Gasteiger partial charge in [0.15, 0.2) is 11.6 Å². The molecule has 0 saturated heterocycles. The normalized spacial score (nSPS) is 29.1. The van der Waals surface area contributed by atoms with Crippen LogP contribution >= 0.6 is 0 Å². The lowest BCUT2D eigenvalue weighted by Gasteiger charge is -2.42. The second-order valence-electron chi connectivity index (χ2n) is 7.32. The summed E-state index contributed by atoms with van der Waals surface area (Å²) in [7, 11) is 0. The van der Waals surface area contributed by atoms with E-state index in [1.807, 2.05) is 0 Å². The highest BCUT2D eigenvalue weighted by atomic mass is 19.4. The minimum absolute atomic E-state index is 0.191. The summed E-state index contributed by atoms with van der Waals surface area (Å²) in [5.74, 6) is -0.339. The first-order valence-corrected chi connectivity index (χ1v) is 9.13. The van der Waals surface area contributed by atoms with E-state index in [-0.39, 0.29) is 5.92 Å². The van der Waals surface area contributed by atoms with E-state index in [0.717, 1.165) is 50.2 Å². The molecule has 0 heterocycles. The molecule has 0 bridgehead atoms. The van der Waals surface area contributed by atoms with E-state index in [1.165, 1.54) is 6.07 Å². The summed E-state index contributed by atoms with van der Waals surface area (Å²) < 4.78 is 60.3. The van der Waals surface area contributed by atoms with Gasteiger partial charge in [-0.2, -0.15) is 0 Å². The molecule has 2 aliphatic carbocycles. The fraction of sp³-hybridized carbons (Fsp3) is 0.600. The maximum Gasteiger partial charge on any atom is 0.573 e. The van der Waals surface area contributed by atoms with Crippen LogP contribution < -0.4 is 4.74 Å². The first kappa shape index (κ1) is 19.2. The number of alkyl halides is 3. The van der Waals surface area contributed by atoms with Crippen LogP contribution in [-0.4, -0.2) is 19.1 Å². The maximum atomic E-state index is 14.0. The average molecular weight is 372 g/mol. The highest BCUT2D eigenvalue weighted by Crippen LogP contribution is 2.47. The van der Waals surface area contributed by atoms with Gasteiger partial charge in [0, 0.05) is 0 Å². The van der Waals surface area contributed by atoms with Crippen LogP contribution in [-0.2, 0) is 4.74 Å². The number of hydrogen-bond acceptors (Lipinski definition) is 2. The molecular formula is C20H24F4O2. The van der Waals surface area contributed by atoms with E-state index in [0.29, 0.717) is 24.5 Å². The van der Waals surface area contributed by atoms with Gasteiger partial charge in [0.2, 0.25) is 0 Å². The van der Waals surface area contributed by atoms with Crippen molar-refractivity contribution in [2.45, 2.75) is 56.9 Å². The molecule has 6 heteroatoms. The van der Waals surface area contributed by atoms with E-state index >= 15 is 0 Å². The van der Waals surface area contributed by atoms with Gasteiger partial charge in [-0.05, 0) is 74.0 Å². The molecule has 0 radical (unpaired) electrons. The van der Waals surface area contributed by atoms with Crippen molar-refractivity contribution in [2.75, 3.05) is 6.61 Å². The monoisotopic (exact) mass is 372 g/mol. The van der Waals surface area contributed by atoms with Crippen molar-refractivity contribution in [1.29, 1.82) is 0 Å². The fourth-order valence-electron chi connectivity index (χ4n) is 4.48. The van der Waals surface area contributed by atoms with Crippen molar-refractivity contribution in [3.8, 4) is 5.75 Å². The SMILES string of the molecule is C=CCOC1CCC2CC(c3ccc(OC(F)(F)F)c(F)c3)CCC2C1. The fourth-order valence-corrected chi connectivity index (χ4v) is 4.48. The third-order valence-corrected chi connectivity index (χ3v) is 5.67. The Kier molecular flexibility index (Phi) is 5.90. The van der Waals surface area contributed by atoms with Crippen LogP contribution in [0.25, 0.3) is 0 Å².